The Morgan fingerprint density at radius 3 is 3.04 bits per heavy atom. The minimum atomic E-state index is -0.614. The van der Waals surface area contributed by atoms with Crippen molar-refractivity contribution in [3.8, 4) is 11.3 Å². The Labute approximate surface area is 139 Å². The molecule has 0 N–H and O–H groups in total. The standard InChI is InChI=1S/C17H19FN2O4/c1-11-8-20(9-15(23-11)17(21)22-2)10-16-19-7-14(24-16)12-4-3-5-13(18)6-12/h3-7,11,15H,8-10H2,1-2H3/t11-,15-/m1/s1. The van der Waals surface area contributed by atoms with Gasteiger partial charge in [0.25, 0.3) is 0 Å². The van der Waals surface area contributed by atoms with Gasteiger partial charge in [-0.25, -0.2) is 14.2 Å². The maximum atomic E-state index is 13.3. The van der Waals surface area contributed by atoms with Crippen molar-refractivity contribution in [1.82, 2.24) is 9.88 Å². The first-order chi connectivity index (χ1) is 11.5. The van der Waals surface area contributed by atoms with Gasteiger partial charge in [0.1, 0.15) is 5.82 Å². The van der Waals surface area contributed by atoms with Crippen LogP contribution >= 0.6 is 0 Å². The van der Waals surface area contributed by atoms with Gasteiger partial charge in [-0.2, -0.15) is 0 Å². The summed E-state index contributed by atoms with van der Waals surface area (Å²) >= 11 is 0. The summed E-state index contributed by atoms with van der Waals surface area (Å²) in [4.78, 5) is 18.0. The molecule has 1 aromatic carbocycles. The van der Waals surface area contributed by atoms with E-state index in [1.165, 1.54) is 19.2 Å². The molecule has 2 aromatic rings. The molecule has 0 aliphatic carbocycles. The Bertz CT molecular complexity index is 718. The highest BCUT2D eigenvalue weighted by molar-refractivity contribution is 5.75. The van der Waals surface area contributed by atoms with Crippen molar-refractivity contribution in [3.63, 3.8) is 0 Å². The van der Waals surface area contributed by atoms with E-state index in [1.54, 1.807) is 18.3 Å². The fourth-order valence-corrected chi connectivity index (χ4v) is 2.78. The lowest BCUT2D eigenvalue weighted by Crippen LogP contribution is -2.49. The van der Waals surface area contributed by atoms with E-state index in [-0.39, 0.29) is 17.9 Å². The van der Waals surface area contributed by atoms with Gasteiger partial charge in [-0.1, -0.05) is 12.1 Å². The number of aromatic nitrogens is 1. The van der Waals surface area contributed by atoms with Crippen molar-refractivity contribution in [2.24, 2.45) is 0 Å². The molecule has 0 radical (unpaired) electrons. The third-order valence-electron chi connectivity index (χ3n) is 3.82. The molecule has 3 rings (SSSR count). The number of ether oxygens (including phenoxy) is 2. The highest BCUT2D eigenvalue weighted by atomic mass is 19.1. The molecule has 1 fully saturated rings. The smallest absolute Gasteiger partial charge is 0.336 e. The van der Waals surface area contributed by atoms with Crippen LogP contribution in [0.2, 0.25) is 0 Å². The Balaban J connectivity index is 1.69. The van der Waals surface area contributed by atoms with Crippen LogP contribution in [0.5, 0.6) is 0 Å². The summed E-state index contributed by atoms with van der Waals surface area (Å²) in [7, 11) is 1.34. The molecule has 0 saturated carbocycles. The van der Waals surface area contributed by atoms with E-state index >= 15 is 0 Å². The number of nitrogens with zero attached hydrogens (tertiary/aromatic N) is 2. The predicted molar refractivity (Wildman–Crippen MR) is 83.5 cm³/mol. The molecule has 0 bridgehead atoms. The van der Waals surface area contributed by atoms with Crippen LogP contribution in [-0.2, 0) is 20.8 Å². The van der Waals surface area contributed by atoms with Gasteiger partial charge in [0.15, 0.2) is 11.9 Å². The van der Waals surface area contributed by atoms with Crippen molar-refractivity contribution >= 4 is 5.97 Å². The van der Waals surface area contributed by atoms with E-state index in [4.69, 9.17) is 13.9 Å². The molecule has 0 amide bonds. The molecule has 1 aliphatic heterocycles. The minimum Gasteiger partial charge on any atom is -0.467 e. The number of esters is 1. The summed E-state index contributed by atoms with van der Waals surface area (Å²) in [6.45, 7) is 3.41. The number of hydrogen-bond donors (Lipinski definition) is 0. The predicted octanol–water partition coefficient (Wildman–Crippen LogP) is 2.24. The molecule has 2 atom stereocenters. The largest absolute Gasteiger partial charge is 0.467 e. The fraction of sp³-hybridized carbons (Fsp3) is 0.412. The number of carbonyl (C=O) groups is 1. The molecule has 2 heterocycles. The van der Waals surface area contributed by atoms with Crippen LogP contribution in [0, 0.1) is 5.82 Å². The van der Waals surface area contributed by atoms with Crippen LogP contribution in [0.1, 0.15) is 12.8 Å². The van der Waals surface area contributed by atoms with Crippen LogP contribution in [0.3, 0.4) is 0 Å². The van der Waals surface area contributed by atoms with Gasteiger partial charge in [-0.3, -0.25) is 4.90 Å². The van der Waals surface area contributed by atoms with Crippen LogP contribution in [0.15, 0.2) is 34.9 Å². The summed E-state index contributed by atoms with van der Waals surface area (Å²) in [6, 6.07) is 6.16. The van der Waals surface area contributed by atoms with Crippen LogP contribution in [-0.4, -0.2) is 48.3 Å². The topological polar surface area (TPSA) is 64.8 Å². The van der Waals surface area contributed by atoms with Gasteiger partial charge in [0.05, 0.1) is 26.0 Å². The molecule has 1 saturated heterocycles. The number of rotatable bonds is 4. The lowest BCUT2D eigenvalue weighted by molar-refractivity contribution is -0.166. The van der Waals surface area contributed by atoms with E-state index in [9.17, 15) is 9.18 Å². The highest BCUT2D eigenvalue weighted by Gasteiger charge is 2.31. The van der Waals surface area contributed by atoms with E-state index in [1.807, 2.05) is 11.8 Å². The second-order valence-corrected chi connectivity index (χ2v) is 5.78. The van der Waals surface area contributed by atoms with Gasteiger partial charge in [-0.05, 0) is 19.1 Å². The molecule has 0 spiro atoms. The molecule has 1 aliphatic rings. The fourth-order valence-electron chi connectivity index (χ4n) is 2.78. The molecule has 128 valence electrons. The van der Waals surface area contributed by atoms with E-state index in [0.29, 0.717) is 36.8 Å². The van der Waals surface area contributed by atoms with Crippen molar-refractivity contribution in [2.75, 3.05) is 20.2 Å². The third kappa shape index (κ3) is 3.80. The monoisotopic (exact) mass is 334 g/mol. The number of oxazole rings is 1. The first-order valence-electron chi connectivity index (χ1n) is 7.71. The van der Waals surface area contributed by atoms with Crippen molar-refractivity contribution < 1.29 is 23.1 Å². The molecule has 7 heteroatoms. The number of halogens is 1. The lowest BCUT2D eigenvalue weighted by atomic mass is 10.2. The molecule has 6 nitrogen and oxygen atoms in total. The second-order valence-electron chi connectivity index (χ2n) is 5.78. The number of hydrogen-bond acceptors (Lipinski definition) is 6. The second kappa shape index (κ2) is 7.11. The van der Waals surface area contributed by atoms with Gasteiger partial charge in [0.2, 0.25) is 5.89 Å². The Kier molecular flexibility index (Phi) is 4.92. The van der Waals surface area contributed by atoms with Crippen LogP contribution in [0.4, 0.5) is 4.39 Å². The van der Waals surface area contributed by atoms with Crippen molar-refractivity contribution in [2.45, 2.75) is 25.7 Å². The van der Waals surface area contributed by atoms with E-state index in [0.717, 1.165) is 0 Å². The van der Waals surface area contributed by atoms with Gasteiger partial charge < -0.3 is 13.9 Å². The van der Waals surface area contributed by atoms with Crippen LogP contribution < -0.4 is 0 Å². The SMILES string of the molecule is COC(=O)[C@H]1CN(Cc2ncc(-c3cccc(F)c3)o2)C[C@@H](C)O1. The Morgan fingerprint density at radius 2 is 2.29 bits per heavy atom. The summed E-state index contributed by atoms with van der Waals surface area (Å²) in [5.74, 6) is 0.301. The minimum absolute atomic E-state index is 0.0968. The van der Waals surface area contributed by atoms with Crippen molar-refractivity contribution in [3.05, 3.63) is 42.2 Å². The molecule has 24 heavy (non-hydrogen) atoms. The average Bonchev–Trinajstić information content (AvgIpc) is 3.02. The maximum absolute atomic E-state index is 13.3. The molecule has 0 unspecified atom stereocenters. The van der Waals surface area contributed by atoms with Crippen molar-refractivity contribution in [1.29, 1.82) is 0 Å². The highest BCUT2D eigenvalue weighted by Crippen LogP contribution is 2.22. The average molecular weight is 334 g/mol. The number of benzene rings is 1. The van der Waals surface area contributed by atoms with Gasteiger partial charge in [-0.15, -0.1) is 0 Å². The Morgan fingerprint density at radius 1 is 1.46 bits per heavy atom. The Hall–Kier alpha value is -2.25. The number of morpholine rings is 1. The zero-order valence-corrected chi connectivity index (χ0v) is 13.6. The number of carbonyl (C=O) groups excluding carboxylic acids is 1. The van der Waals surface area contributed by atoms with E-state index < -0.39 is 6.10 Å². The van der Waals surface area contributed by atoms with Crippen LogP contribution in [0.25, 0.3) is 11.3 Å². The maximum Gasteiger partial charge on any atom is 0.336 e. The summed E-state index contributed by atoms with van der Waals surface area (Å²) in [6.07, 6.45) is 0.864. The van der Waals surface area contributed by atoms with E-state index in [2.05, 4.69) is 4.98 Å². The lowest BCUT2D eigenvalue weighted by Gasteiger charge is -2.34. The summed E-state index contributed by atoms with van der Waals surface area (Å²) < 4.78 is 29.3. The van der Waals surface area contributed by atoms with Gasteiger partial charge in [0, 0.05) is 18.7 Å². The summed E-state index contributed by atoms with van der Waals surface area (Å²) in [5, 5.41) is 0. The molecular formula is C17H19FN2O4. The first kappa shape index (κ1) is 16.6. The summed E-state index contributed by atoms with van der Waals surface area (Å²) in [5.41, 5.74) is 0.636. The number of methoxy groups -OCH3 is 1. The quantitative estimate of drug-likeness (QED) is 0.799. The first-order valence-corrected chi connectivity index (χ1v) is 7.71. The van der Waals surface area contributed by atoms with Gasteiger partial charge >= 0.3 is 5.97 Å². The molecule has 1 aromatic heterocycles. The zero-order chi connectivity index (χ0) is 17.1. The normalized spacial score (nSPS) is 21.6. The zero-order valence-electron chi connectivity index (χ0n) is 13.6. The molecular weight excluding hydrogens is 315 g/mol. The third-order valence-corrected chi connectivity index (χ3v) is 3.82.